The Morgan fingerprint density at radius 1 is 1.06 bits per heavy atom. The number of rotatable bonds is 9. The van der Waals surface area contributed by atoms with Crippen molar-refractivity contribution in [3.05, 3.63) is 77.6 Å². The first kappa shape index (κ1) is 23.3. The Morgan fingerprint density at radius 2 is 1.82 bits per heavy atom. The van der Waals surface area contributed by atoms with Crippen molar-refractivity contribution in [3.8, 4) is 5.75 Å². The van der Waals surface area contributed by atoms with E-state index in [1.807, 2.05) is 42.7 Å². The summed E-state index contributed by atoms with van der Waals surface area (Å²) in [6, 6.07) is 18.2. The summed E-state index contributed by atoms with van der Waals surface area (Å²) in [5, 5.41) is 23.2. The molecule has 1 aromatic heterocycles. The van der Waals surface area contributed by atoms with Gasteiger partial charge in [-0.15, -0.1) is 10.2 Å². The molecule has 0 fully saturated rings. The first-order chi connectivity index (χ1) is 16.5. The number of aromatic nitrogens is 3. The largest absolute Gasteiger partial charge is 0.485 e. The topological polar surface area (TPSA) is 106 Å². The molecule has 0 atom stereocenters. The summed E-state index contributed by atoms with van der Waals surface area (Å²) in [6.45, 7) is 4.94. The molecular formula is C25H24N4O4S. The molecule has 0 spiro atoms. The van der Waals surface area contributed by atoms with Gasteiger partial charge >= 0.3 is 5.97 Å². The fraction of sp³-hybridized carbons (Fsp3) is 0.200. The number of hydrogen-bond acceptors (Lipinski definition) is 6. The van der Waals surface area contributed by atoms with Crippen molar-refractivity contribution in [2.45, 2.75) is 32.2 Å². The summed E-state index contributed by atoms with van der Waals surface area (Å²) in [5.41, 5.74) is 1.77. The fourth-order valence-electron chi connectivity index (χ4n) is 3.58. The standard InChI is InChI=1S/C25H24N4O4S/c1-3-29-22(14-33-21-13-10-17-6-4-5-7-20(17)16(21)2)27-28-25(29)34-15-23(30)26-19-11-8-18(9-12-19)24(31)32/h4-13H,3,14-15H2,1-2H3,(H,26,30)(H,31,32). The highest BCUT2D eigenvalue weighted by atomic mass is 32.2. The SMILES string of the molecule is CCn1c(COc2ccc3ccccc3c2C)nnc1SCC(=O)Nc1ccc(C(=O)O)cc1. The van der Waals surface area contributed by atoms with Gasteiger partial charge < -0.3 is 19.7 Å². The third-order valence-electron chi connectivity index (χ3n) is 5.36. The molecule has 9 heteroatoms. The number of anilines is 1. The van der Waals surface area contributed by atoms with Crippen LogP contribution in [0.5, 0.6) is 5.75 Å². The second kappa shape index (κ2) is 10.4. The maximum absolute atomic E-state index is 12.3. The molecule has 0 aliphatic carbocycles. The van der Waals surface area contributed by atoms with Crippen molar-refractivity contribution in [2.75, 3.05) is 11.1 Å². The van der Waals surface area contributed by atoms with Gasteiger partial charge in [0.2, 0.25) is 5.91 Å². The molecule has 8 nitrogen and oxygen atoms in total. The fourth-order valence-corrected chi connectivity index (χ4v) is 4.40. The Labute approximate surface area is 201 Å². The van der Waals surface area contributed by atoms with Crippen LogP contribution in [0, 0.1) is 6.92 Å². The second-order valence-corrected chi connectivity index (χ2v) is 8.50. The predicted octanol–water partition coefficient (Wildman–Crippen LogP) is 4.77. The van der Waals surface area contributed by atoms with Crippen LogP contribution < -0.4 is 10.1 Å². The zero-order chi connectivity index (χ0) is 24.1. The Morgan fingerprint density at radius 3 is 2.56 bits per heavy atom. The van der Waals surface area contributed by atoms with E-state index >= 15 is 0 Å². The lowest BCUT2D eigenvalue weighted by molar-refractivity contribution is -0.113. The molecule has 0 saturated heterocycles. The van der Waals surface area contributed by atoms with E-state index < -0.39 is 5.97 Å². The number of nitrogens with one attached hydrogen (secondary N) is 1. The average Bonchev–Trinajstić information content (AvgIpc) is 3.24. The van der Waals surface area contributed by atoms with Gasteiger partial charge in [0.25, 0.3) is 0 Å². The van der Waals surface area contributed by atoms with Gasteiger partial charge in [0.05, 0.1) is 11.3 Å². The summed E-state index contributed by atoms with van der Waals surface area (Å²) in [4.78, 5) is 23.3. The van der Waals surface area contributed by atoms with Crippen LogP contribution in [-0.2, 0) is 17.9 Å². The van der Waals surface area contributed by atoms with E-state index in [0.29, 0.717) is 23.2 Å². The van der Waals surface area contributed by atoms with Gasteiger partial charge in [-0.1, -0.05) is 42.1 Å². The van der Waals surface area contributed by atoms with Crippen LogP contribution in [0.2, 0.25) is 0 Å². The number of nitrogens with zero attached hydrogens (tertiary/aromatic N) is 3. The first-order valence-electron chi connectivity index (χ1n) is 10.8. The van der Waals surface area contributed by atoms with Gasteiger partial charge in [-0.25, -0.2) is 4.79 Å². The van der Waals surface area contributed by atoms with Gasteiger partial charge in [-0.05, 0) is 60.5 Å². The van der Waals surface area contributed by atoms with E-state index in [2.05, 4.69) is 27.6 Å². The highest BCUT2D eigenvalue weighted by Gasteiger charge is 2.15. The molecule has 2 N–H and O–H groups in total. The minimum Gasteiger partial charge on any atom is -0.485 e. The number of amides is 1. The van der Waals surface area contributed by atoms with Crippen LogP contribution in [0.3, 0.4) is 0 Å². The number of carbonyl (C=O) groups is 2. The molecule has 4 aromatic rings. The van der Waals surface area contributed by atoms with Crippen molar-refractivity contribution in [1.82, 2.24) is 14.8 Å². The highest BCUT2D eigenvalue weighted by Crippen LogP contribution is 2.28. The minimum atomic E-state index is -1.01. The lowest BCUT2D eigenvalue weighted by atomic mass is 10.0. The Kier molecular flexibility index (Phi) is 7.12. The van der Waals surface area contributed by atoms with Crippen LogP contribution in [0.4, 0.5) is 5.69 Å². The van der Waals surface area contributed by atoms with Crippen LogP contribution in [0.1, 0.15) is 28.7 Å². The number of aromatic carboxylic acids is 1. The van der Waals surface area contributed by atoms with E-state index in [1.165, 1.54) is 29.3 Å². The number of carbonyl (C=O) groups excluding carboxylic acids is 1. The van der Waals surface area contributed by atoms with Crippen LogP contribution >= 0.6 is 11.8 Å². The number of fused-ring (bicyclic) bond motifs is 1. The normalized spacial score (nSPS) is 10.9. The summed E-state index contributed by atoms with van der Waals surface area (Å²) in [5.74, 6) is 0.393. The molecule has 0 bridgehead atoms. The third kappa shape index (κ3) is 5.20. The molecule has 3 aromatic carbocycles. The van der Waals surface area contributed by atoms with E-state index in [4.69, 9.17) is 9.84 Å². The molecule has 0 unspecified atom stereocenters. The van der Waals surface area contributed by atoms with E-state index in [9.17, 15) is 9.59 Å². The molecule has 0 aliphatic rings. The monoisotopic (exact) mass is 476 g/mol. The quantitative estimate of drug-likeness (QED) is 0.335. The van der Waals surface area contributed by atoms with Crippen molar-refractivity contribution >= 4 is 40.1 Å². The summed E-state index contributed by atoms with van der Waals surface area (Å²) in [6.07, 6.45) is 0. The molecule has 0 saturated carbocycles. The van der Waals surface area contributed by atoms with Crippen molar-refractivity contribution in [3.63, 3.8) is 0 Å². The Balaban J connectivity index is 1.37. The van der Waals surface area contributed by atoms with Crippen LogP contribution in [0.15, 0.2) is 65.8 Å². The van der Waals surface area contributed by atoms with Gasteiger partial charge in [-0.2, -0.15) is 0 Å². The molecule has 0 aliphatic heterocycles. The molecule has 1 amide bonds. The number of carboxylic acid groups (broad SMARTS) is 1. The number of thioether (sulfide) groups is 1. The maximum atomic E-state index is 12.3. The number of benzene rings is 3. The van der Waals surface area contributed by atoms with Gasteiger partial charge in [0.15, 0.2) is 11.0 Å². The summed E-state index contributed by atoms with van der Waals surface area (Å²) < 4.78 is 7.99. The number of ether oxygens (including phenoxy) is 1. The smallest absolute Gasteiger partial charge is 0.335 e. The molecule has 174 valence electrons. The number of hydrogen-bond donors (Lipinski definition) is 2. The first-order valence-corrected chi connectivity index (χ1v) is 11.7. The molecule has 4 rings (SSSR count). The van der Waals surface area contributed by atoms with Crippen molar-refractivity contribution < 1.29 is 19.4 Å². The minimum absolute atomic E-state index is 0.142. The number of aryl methyl sites for hydroxylation is 1. The lowest BCUT2D eigenvalue weighted by Crippen LogP contribution is -2.15. The predicted molar refractivity (Wildman–Crippen MR) is 131 cm³/mol. The van der Waals surface area contributed by atoms with Gasteiger partial charge in [-0.3, -0.25) is 4.79 Å². The summed E-state index contributed by atoms with van der Waals surface area (Å²) in [7, 11) is 0. The van der Waals surface area contributed by atoms with E-state index in [1.54, 1.807) is 12.1 Å². The summed E-state index contributed by atoms with van der Waals surface area (Å²) >= 11 is 1.28. The van der Waals surface area contributed by atoms with E-state index in [0.717, 1.165) is 16.7 Å². The van der Waals surface area contributed by atoms with Crippen LogP contribution in [-0.4, -0.2) is 37.5 Å². The molecule has 0 radical (unpaired) electrons. The van der Waals surface area contributed by atoms with Crippen molar-refractivity contribution in [2.24, 2.45) is 0 Å². The molecular weight excluding hydrogens is 452 g/mol. The lowest BCUT2D eigenvalue weighted by Gasteiger charge is -2.12. The van der Waals surface area contributed by atoms with Gasteiger partial charge in [0.1, 0.15) is 12.4 Å². The molecule has 34 heavy (non-hydrogen) atoms. The molecule has 1 heterocycles. The highest BCUT2D eigenvalue weighted by molar-refractivity contribution is 7.99. The van der Waals surface area contributed by atoms with Crippen molar-refractivity contribution in [1.29, 1.82) is 0 Å². The van der Waals surface area contributed by atoms with Crippen LogP contribution in [0.25, 0.3) is 10.8 Å². The zero-order valence-corrected chi connectivity index (χ0v) is 19.6. The number of carboxylic acids is 1. The third-order valence-corrected chi connectivity index (χ3v) is 6.33. The van der Waals surface area contributed by atoms with E-state index in [-0.39, 0.29) is 23.8 Å². The second-order valence-electron chi connectivity index (χ2n) is 7.56. The average molecular weight is 477 g/mol. The van der Waals surface area contributed by atoms with Gasteiger partial charge in [0, 0.05) is 12.2 Å². The maximum Gasteiger partial charge on any atom is 0.335 e. The Hall–Kier alpha value is -3.85. The zero-order valence-electron chi connectivity index (χ0n) is 18.8. The Bertz CT molecular complexity index is 1330.